The van der Waals surface area contributed by atoms with Gasteiger partial charge in [0.25, 0.3) is 0 Å². The minimum Gasteiger partial charge on any atom is -0.467 e. The van der Waals surface area contributed by atoms with Crippen molar-refractivity contribution in [2.24, 2.45) is 0 Å². The second kappa shape index (κ2) is 6.22. The second-order valence-corrected chi connectivity index (χ2v) is 4.49. The molecule has 0 aromatic carbocycles. The van der Waals surface area contributed by atoms with Crippen molar-refractivity contribution < 1.29 is 4.42 Å². The Morgan fingerprint density at radius 1 is 1.32 bits per heavy atom. The fourth-order valence-corrected chi connectivity index (χ4v) is 1.82. The van der Waals surface area contributed by atoms with E-state index in [1.807, 2.05) is 32.0 Å². The number of hydrogen-bond donors (Lipinski definition) is 2. The summed E-state index contributed by atoms with van der Waals surface area (Å²) in [4.78, 5) is 8.74. The van der Waals surface area contributed by atoms with E-state index in [4.69, 9.17) is 4.42 Å². The second-order valence-electron chi connectivity index (χ2n) is 4.49. The summed E-state index contributed by atoms with van der Waals surface area (Å²) in [5, 5.41) is 6.59. The van der Waals surface area contributed by atoms with E-state index < -0.39 is 0 Å². The van der Waals surface area contributed by atoms with Gasteiger partial charge in [0.2, 0.25) is 0 Å². The number of furan rings is 1. The summed E-state index contributed by atoms with van der Waals surface area (Å²) in [6.45, 7) is 6.96. The first kappa shape index (κ1) is 13.4. The average molecular weight is 260 g/mol. The summed E-state index contributed by atoms with van der Waals surface area (Å²) in [7, 11) is 0. The molecule has 2 aromatic heterocycles. The smallest absolute Gasteiger partial charge is 0.132 e. The van der Waals surface area contributed by atoms with Crippen LogP contribution in [0.2, 0.25) is 0 Å². The number of aromatic nitrogens is 2. The molecule has 2 rings (SSSR count). The van der Waals surface area contributed by atoms with E-state index in [0.29, 0.717) is 0 Å². The molecule has 0 bridgehead atoms. The van der Waals surface area contributed by atoms with Crippen LogP contribution in [0.3, 0.4) is 0 Å². The minimum atomic E-state index is 0.0725. The molecule has 1 atom stereocenters. The van der Waals surface area contributed by atoms with Crippen molar-refractivity contribution in [3.8, 4) is 0 Å². The predicted octanol–water partition coefficient (Wildman–Crippen LogP) is 3.37. The molecule has 19 heavy (non-hydrogen) atoms. The molecule has 2 heterocycles. The van der Waals surface area contributed by atoms with Crippen molar-refractivity contribution in [2.75, 3.05) is 17.2 Å². The number of rotatable bonds is 6. The van der Waals surface area contributed by atoms with E-state index in [-0.39, 0.29) is 6.04 Å². The first-order valence-electron chi connectivity index (χ1n) is 6.58. The Morgan fingerprint density at radius 3 is 2.79 bits per heavy atom. The molecular formula is C14H20N4O. The average Bonchev–Trinajstić information content (AvgIpc) is 2.89. The van der Waals surface area contributed by atoms with Crippen LogP contribution in [0.4, 0.5) is 11.6 Å². The molecule has 0 amide bonds. The lowest BCUT2D eigenvalue weighted by Crippen LogP contribution is -2.10. The zero-order chi connectivity index (χ0) is 13.7. The van der Waals surface area contributed by atoms with Crippen molar-refractivity contribution in [3.05, 3.63) is 36.0 Å². The van der Waals surface area contributed by atoms with Crippen LogP contribution in [-0.4, -0.2) is 16.5 Å². The van der Waals surface area contributed by atoms with Crippen LogP contribution >= 0.6 is 0 Å². The van der Waals surface area contributed by atoms with Gasteiger partial charge in [-0.2, -0.15) is 0 Å². The van der Waals surface area contributed by atoms with E-state index in [1.165, 1.54) is 0 Å². The largest absolute Gasteiger partial charge is 0.467 e. The van der Waals surface area contributed by atoms with Gasteiger partial charge in [0, 0.05) is 12.6 Å². The van der Waals surface area contributed by atoms with Crippen LogP contribution in [0.25, 0.3) is 0 Å². The quantitative estimate of drug-likeness (QED) is 0.833. The van der Waals surface area contributed by atoms with E-state index in [1.54, 1.807) is 6.26 Å². The van der Waals surface area contributed by atoms with Crippen LogP contribution in [0.1, 0.15) is 37.9 Å². The maximum absolute atomic E-state index is 5.37. The third-order valence-electron chi connectivity index (χ3n) is 2.73. The van der Waals surface area contributed by atoms with Crippen molar-refractivity contribution in [2.45, 2.75) is 33.2 Å². The van der Waals surface area contributed by atoms with Crippen molar-refractivity contribution in [1.82, 2.24) is 9.97 Å². The molecule has 0 radical (unpaired) electrons. The van der Waals surface area contributed by atoms with Crippen molar-refractivity contribution in [1.29, 1.82) is 0 Å². The topological polar surface area (TPSA) is 63.0 Å². The van der Waals surface area contributed by atoms with Gasteiger partial charge < -0.3 is 15.1 Å². The van der Waals surface area contributed by atoms with Gasteiger partial charge in [-0.1, -0.05) is 6.92 Å². The molecule has 0 aliphatic heterocycles. The molecule has 2 aromatic rings. The lowest BCUT2D eigenvalue weighted by atomic mass is 10.2. The van der Waals surface area contributed by atoms with Crippen molar-refractivity contribution >= 4 is 11.6 Å². The van der Waals surface area contributed by atoms with Gasteiger partial charge in [-0.15, -0.1) is 0 Å². The van der Waals surface area contributed by atoms with Gasteiger partial charge in [-0.05, 0) is 32.4 Å². The highest BCUT2D eigenvalue weighted by Crippen LogP contribution is 2.19. The number of nitrogens with one attached hydrogen (secondary N) is 2. The Morgan fingerprint density at radius 2 is 2.11 bits per heavy atom. The van der Waals surface area contributed by atoms with E-state index in [9.17, 15) is 0 Å². The van der Waals surface area contributed by atoms with Crippen LogP contribution in [-0.2, 0) is 0 Å². The fourth-order valence-electron chi connectivity index (χ4n) is 1.82. The Kier molecular flexibility index (Phi) is 4.39. The van der Waals surface area contributed by atoms with Crippen LogP contribution < -0.4 is 10.6 Å². The molecule has 0 aliphatic carbocycles. The van der Waals surface area contributed by atoms with Gasteiger partial charge in [0.05, 0.1) is 12.3 Å². The summed E-state index contributed by atoms with van der Waals surface area (Å²) in [6.07, 6.45) is 2.74. The summed E-state index contributed by atoms with van der Waals surface area (Å²) < 4.78 is 5.37. The molecule has 2 N–H and O–H groups in total. The highest BCUT2D eigenvalue weighted by molar-refractivity contribution is 5.48. The molecule has 5 heteroatoms. The van der Waals surface area contributed by atoms with E-state index in [0.717, 1.165) is 36.2 Å². The fraction of sp³-hybridized carbons (Fsp3) is 0.429. The van der Waals surface area contributed by atoms with E-state index in [2.05, 4.69) is 27.5 Å². The van der Waals surface area contributed by atoms with Crippen molar-refractivity contribution in [3.63, 3.8) is 0 Å². The van der Waals surface area contributed by atoms with Crippen LogP contribution in [0, 0.1) is 6.92 Å². The van der Waals surface area contributed by atoms with Gasteiger partial charge in [0.1, 0.15) is 23.2 Å². The number of aryl methyl sites for hydroxylation is 1. The number of nitrogens with zero attached hydrogens (tertiary/aromatic N) is 2. The molecule has 0 saturated heterocycles. The summed E-state index contributed by atoms with van der Waals surface area (Å²) in [6, 6.07) is 5.82. The van der Waals surface area contributed by atoms with Gasteiger partial charge in [-0.3, -0.25) is 0 Å². The molecule has 0 aliphatic rings. The summed E-state index contributed by atoms with van der Waals surface area (Å²) in [5.41, 5.74) is 0. The molecule has 0 spiro atoms. The maximum atomic E-state index is 5.37. The Balaban J connectivity index is 2.09. The van der Waals surface area contributed by atoms with Crippen LogP contribution in [0.15, 0.2) is 28.9 Å². The molecule has 1 unspecified atom stereocenters. The zero-order valence-corrected chi connectivity index (χ0v) is 11.6. The maximum Gasteiger partial charge on any atom is 0.132 e. The Labute approximate surface area is 113 Å². The molecule has 102 valence electrons. The standard InChI is InChI=1S/C14H20N4O/c1-4-7-15-13-9-14(18-11(3)17-13)16-10(2)12-6-5-8-19-12/h5-6,8-10H,4,7H2,1-3H3,(H2,15,16,17,18). The van der Waals surface area contributed by atoms with Gasteiger partial charge in [0.15, 0.2) is 0 Å². The minimum absolute atomic E-state index is 0.0725. The van der Waals surface area contributed by atoms with Crippen LogP contribution in [0.5, 0.6) is 0 Å². The first-order valence-corrected chi connectivity index (χ1v) is 6.58. The summed E-state index contributed by atoms with van der Waals surface area (Å²) in [5.74, 6) is 3.29. The lowest BCUT2D eigenvalue weighted by Gasteiger charge is -2.13. The molecule has 0 saturated carbocycles. The third-order valence-corrected chi connectivity index (χ3v) is 2.73. The predicted molar refractivity (Wildman–Crippen MR) is 76.3 cm³/mol. The summed E-state index contributed by atoms with van der Waals surface area (Å²) >= 11 is 0. The zero-order valence-electron chi connectivity index (χ0n) is 11.6. The van der Waals surface area contributed by atoms with Gasteiger partial charge in [-0.25, -0.2) is 9.97 Å². The normalized spacial score (nSPS) is 12.2. The number of hydrogen-bond acceptors (Lipinski definition) is 5. The highest BCUT2D eigenvalue weighted by Gasteiger charge is 2.09. The first-order chi connectivity index (χ1) is 9.19. The Hall–Kier alpha value is -2.04. The molecular weight excluding hydrogens is 240 g/mol. The monoisotopic (exact) mass is 260 g/mol. The third kappa shape index (κ3) is 3.71. The van der Waals surface area contributed by atoms with Gasteiger partial charge >= 0.3 is 0 Å². The van der Waals surface area contributed by atoms with E-state index >= 15 is 0 Å². The molecule has 0 fully saturated rings. The molecule has 5 nitrogen and oxygen atoms in total. The SMILES string of the molecule is CCCNc1cc(NC(C)c2ccco2)nc(C)n1. The number of anilines is 2. The highest BCUT2D eigenvalue weighted by atomic mass is 16.3. The Bertz CT molecular complexity index is 510. The lowest BCUT2D eigenvalue weighted by molar-refractivity contribution is 0.490.